The molecule has 3 nitrogen and oxygen atoms in total. The first-order chi connectivity index (χ1) is 5.84. The second kappa shape index (κ2) is 3.02. The highest BCUT2D eigenvalue weighted by Gasteiger charge is 2.38. The van der Waals surface area contributed by atoms with Crippen LogP contribution in [0.3, 0.4) is 0 Å². The largest absolute Gasteiger partial charge is 0.433 e. The van der Waals surface area contributed by atoms with Gasteiger partial charge < -0.3 is 0 Å². The van der Waals surface area contributed by atoms with Crippen molar-refractivity contribution in [3.63, 3.8) is 0 Å². The monoisotopic (exact) mass is 212 g/mol. The van der Waals surface area contributed by atoms with Crippen molar-refractivity contribution in [1.82, 2.24) is 9.78 Å². The number of carbonyl (C=O) groups is 1. The average Bonchev–Trinajstić information content (AvgIpc) is 2.28. The lowest BCUT2D eigenvalue weighted by Gasteiger charge is -2.07. The average molecular weight is 213 g/mol. The van der Waals surface area contributed by atoms with Crippen LogP contribution in [-0.2, 0) is 13.2 Å². The number of alkyl halides is 3. The molecule has 0 bridgehead atoms. The maximum absolute atomic E-state index is 12.2. The van der Waals surface area contributed by atoms with Crippen LogP contribution in [0.2, 0.25) is 0 Å². The van der Waals surface area contributed by atoms with Gasteiger partial charge in [-0.1, -0.05) is 0 Å². The molecule has 0 aliphatic carbocycles. The fourth-order valence-corrected chi connectivity index (χ4v) is 1.06. The van der Waals surface area contributed by atoms with Crippen LogP contribution < -0.4 is 0 Å². The van der Waals surface area contributed by atoms with Crippen LogP contribution in [0.15, 0.2) is 6.20 Å². The van der Waals surface area contributed by atoms with E-state index in [1.54, 1.807) is 0 Å². The number of aryl methyl sites for hydroxylation is 1. The summed E-state index contributed by atoms with van der Waals surface area (Å²) in [5.74, 6) is 0. The molecule has 0 atom stereocenters. The molecule has 1 heterocycles. The van der Waals surface area contributed by atoms with Crippen molar-refractivity contribution < 1.29 is 18.0 Å². The number of nitrogens with zero attached hydrogens (tertiary/aromatic N) is 2. The molecule has 0 N–H and O–H groups in total. The number of aromatic nitrogens is 2. The Morgan fingerprint density at radius 3 is 2.46 bits per heavy atom. The summed E-state index contributed by atoms with van der Waals surface area (Å²) in [5, 5.41) is 2.13. The minimum atomic E-state index is -4.62. The first kappa shape index (κ1) is 10.0. The first-order valence-electron chi connectivity index (χ1n) is 3.13. The van der Waals surface area contributed by atoms with Crippen molar-refractivity contribution in [3.8, 4) is 0 Å². The van der Waals surface area contributed by atoms with Crippen molar-refractivity contribution in [2.45, 2.75) is 6.18 Å². The molecule has 0 aliphatic rings. The van der Waals surface area contributed by atoms with E-state index in [-0.39, 0.29) is 0 Å². The highest BCUT2D eigenvalue weighted by Crippen LogP contribution is 2.31. The molecule has 1 aromatic heterocycles. The second-order valence-corrected chi connectivity index (χ2v) is 2.65. The Kier molecular flexibility index (Phi) is 2.34. The zero-order valence-corrected chi connectivity index (χ0v) is 7.15. The van der Waals surface area contributed by atoms with Crippen molar-refractivity contribution in [2.24, 2.45) is 7.05 Å². The number of hydrogen-bond donors (Lipinski definition) is 0. The molecule has 0 saturated heterocycles. The molecule has 0 amide bonds. The van der Waals surface area contributed by atoms with Crippen LogP contribution in [0.25, 0.3) is 0 Å². The van der Waals surface area contributed by atoms with Gasteiger partial charge in [0, 0.05) is 7.05 Å². The lowest BCUT2D eigenvalue weighted by atomic mass is 10.2. The summed E-state index contributed by atoms with van der Waals surface area (Å²) in [4.78, 5) is 10.5. The molecule has 0 spiro atoms. The van der Waals surface area contributed by atoms with Gasteiger partial charge in [-0.25, -0.2) is 0 Å². The quantitative estimate of drug-likeness (QED) is 0.666. The molecular weight excluding hydrogens is 209 g/mol. The highest BCUT2D eigenvalue weighted by atomic mass is 35.5. The Morgan fingerprint density at radius 2 is 2.15 bits per heavy atom. The van der Waals surface area contributed by atoms with Gasteiger partial charge in [-0.15, -0.1) is 0 Å². The van der Waals surface area contributed by atoms with Gasteiger partial charge in [-0.3, -0.25) is 9.48 Å². The summed E-state index contributed by atoms with van der Waals surface area (Å²) in [6.45, 7) is 0. The zero-order valence-electron chi connectivity index (χ0n) is 6.39. The molecular formula is C6H4ClF3N2O. The van der Waals surface area contributed by atoms with E-state index in [2.05, 4.69) is 5.10 Å². The molecule has 0 aromatic carbocycles. The summed E-state index contributed by atoms with van der Waals surface area (Å²) in [6, 6.07) is 0. The van der Waals surface area contributed by atoms with E-state index < -0.39 is 22.7 Å². The third-order valence-electron chi connectivity index (χ3n) is 1.42. The summed E-state index contributed by atoms with van der Waals surface area (Å²) in [7, 11) is 1.09. The number of hydrogen-bond acceptors (Lipinski definition) is 2. The normalized spacial score (nSPS) is 11.8. The minimum absolute atomic E-state index is 0.565. The third kappa shape index (κ3) is 1.82. The molecule has 13 heavy (non-hydrogen) atoms. The van der Waals surface area contributed by atoms with Gasteiger partial charge in [0.25, 0.3) is 5.24 Å². The van der Waals surface area contributed by atoms with E-state index in [1.807, 2.05) is 0 Å². The highest BCUT2D eigenvalue weighted by molar-refractivity contribution is 6.67. The smallest absolute Gasteiger partial charge is 0.275 e. The van der Waals surface area contributed by atoms with Crippen LogP contribution in [0.1, 0.15) is 16.1 Å². The molecule has 0 aliphatic heterocycles. The molecule has 7 heteroatoms. The van der Waals surface area contributed by atoms with Crippen LogP contribution in [0.5, 0.6) is 0 Å². The molecule has 72 valence electrons. The van der Waals surface area contributed by atoms with Gasteiger partial charge in [0.05, 0.1) is 11.8 Å². The zero-order chi connectivity index (χ0) is 10.2. The summed E-state index contributed by atoms with van der Waals surface area (Å²) >= 11 is 4.94. The molecule has 0 fully saturated rings. The summed E-state index contributed by atoms with van der Waals surface area (Å²) < 4.78 is 37.3. The van der Waals surface area contributed by atoms with Crippen molar-refractivity contribution in [2.75, 3.05) is 0 Å². The lowest BCUT2D eigenvalue weighted by molar-refractivity contribution is -0.143. The van der Waals surface area contributed by atoms with Crippen molar-refractivity contribution in [3.05, 3.63) is 17.5 Å². The van der Waals surface area contributed by atoms with Crippen LogP contribution in [-0.4, -0.2) is 15.0 Å². The predicted octanol–water partition coefficient (Wildman–Crippen LogP) is 1.82. The fraction of sp³-hybridized carbons (Fsp3) is 0.333. The van der Waals surface area contributed by atoms with E-state index >= 15 is 0 Å². The Labute approximate surface area is 76.1 Å². The molecule has 0 radical (unpaired) electrons. The van der Waals surface area contributed by atoms with Gasteiger partial charge in [-0.05, 0) is 11.6 Å². The molecule has 1 rings (SSSR count). The van der Waals surface area contributed by atoms with Gasteiger partial charge in [0.1, 0.15) is 0 Å². The van der Waals surface area contributed by atoms with Crippen molar-refractivity contribution >= 4 is 16.8 Å². The Balaban J connectivity index is 3.33. The van der Waals surface area contributed by atoms with Crippen molar-refractivity contribution in [1.29, 1.82) is 0 Å². The predicted molar refractivity (Wildman–Crippen MR) is 38.4 cm³/mol. The first-order valence-corrected chi connectivity index (χ1v) is 3.51. The van der Waals surface area contributed by atoms with Crippen LogP contribution in [0.4, 0.5) is 13.2 Å². The number of rotatable bonds is 1. The molecule has 1 aromatic rings. The fourth-order valence-electron chi connectivity index (χ4n) is 0.918. The standard InChI is InChI=1S/C6H4ClF3N2O/c1-12-4(6(8,9)10)3(2-11-12)5(7)13/h2H,1H3. The third-order valence-corrected chi connectivity index (χ3v) is 1.62. The van der Waals surface area contributed by atoms with E-state index in [0.29, 0.717) is 4.68 Å². The molecule has 0 unspecified atom stereocenters. The minimum Gasteiger partial charge on any atom is -0.275 e. The number of halogens is 4. The Bertz CT molecular complexity index is 344. The summed E-state index contributed by atoms with van der Waals surface area (Å²) in [6.07, 6.45) is -3.83. The van der Waals surface area contributed by atoms with Crippen LogP contribution >= 0.6 is 11.6 Å². The van der Waals surface area contributed by atoms with Gasteiger partial charge in [-0.2, -0.15) is 18.3 Å². The second-order valence-electron chi connectivity index (χ2n) is 2.30. The van der Waals surface area contributed by atoms with E-state index in [4.69, 9.17) is 11.6 Å². The van der Waals surface area contributed by atoms with E-state index in [9.17, 15) is 18.0 Å². The Morgan fingerprint density at radius 1 is 1.62 bits per heavy atom. The Hall–Kier alpha value is -1.04. The SMILES string of the molecule is Cn1ncc(C(=O)Cl)c1C(F)(F)F. The van der Waals surface area contributed by atoms with Gasteiger partial charge in [0.2, 0.25) is 0 Å². The lowest BCUT2D eigenvalue weighted by Crippen LogP contribution is -2.15. The van der Waals surface area contributed by atoms with E-state index in [0.717, 1.165) is 13.2 Å². The van der Waals surface area contributed by atoms with Crippen LogP contribution in [0, 0.1) is 0 Å². The summed E-state index contributed by atoms with van der Waals surface area (Å²) in [5.41, 5.74) is -1.76. The maximum Gasteiger partial charge on any atom is 0.433 e. The topological polar surface area (TPSA) is 34.9 Å². The van der Waals surface area contributed by atoms with E-state index in [1.165, 1.54) is 0 Å². The van der Waals surface area contributed by atoms with Gasteiger partial charge >= 0.3 is 6.18 Å². The number of carbonyl (C=O) groups excluding carboxylic acids is 1. The van der Waals surface area contributed by atoms with Gasteiger partial charge in [0.15, 0.2) is 5.69 Å². The molecule has 0 saturated carbocycles. The maximum atomic E-state index is 12.2.